The van der Waals surface area contributed by atoms with Gasteiger partial charge in [0.1, 0.15) is 11.5 Å². The molecule has 142 valence electrons. The molecule has 0 N–H and O–H groups in total. The number of carbonyl (C=O) groups is 1. The average molecular weight is 367 g/mol. The van der Waals surface area contributed by atoms with Crippen molar-refractivity contribution < 1.29 is 19.0 Å². The Balaban J connectivity index is 1.94. The van der Waals surface area contributed by atoms with Crippen LogP contribution in [0.15, 0.2) is 55.1 Å². The monoisotopic (exact) mass is 367 g/mol. The fourth-order valence-corrected chi connectivity index (χ4v) is 3.11. The molecule has 2 aromatic carbocycles. The molecule has 1 fully saturated rings. The molecule has 1 aliphatic rings. The lowest BCUT2D eigenvalue weighted by molar-refractivity contribution is -0.121. The van der Waals surface area contributed by atoms with Gasteiger partial charge in [-0.1, -0.05) is 36.9 Å². The maximum atomic E-state index is 11.7. The number of nitrogens with zero attached hydrogens (tertiary/aromatic N) is 1. The van der Waals surface area contributed by atoms with Gasteiger partial charge in [-0.05, 0) is 23.8 Å². The molecule has 0 aliphatic carbocycles. The predicted molar refractivity (Wildman–Crippen MR) is 106 cm³/mol. The summed E-state index contributed by atoms with van der Waals surface area (Å²) < 4.78 is 16.8. The lowest BCUT2D eigenvalue weighted by Crippen LogP contribution is -2.38. The number of benzene rings is 2. The van der Waals surface area contributed by atoms with E-state index in [0.717, 1.165) is 17.5 Å². The number of hydrogen-bond acceptors (Lipinski definition) is 5. The van der Waals surface area contributed by atoms with Gasteiger partial charge in [0.05, 0.1) is 26.0 Å². The van der Waals surface area contributed by atoms with Crippen LogP contribution in [0, 0.1) is 0 Å². The Morgan fingerprint density at radius 3 is 2.70 bits per heavy atom. The Kier molecular flexibility index (Phi) is 5.81. The maximum Gasteiger partial charge on any atom is 0.189 e. The Labute approximate surface area is 160 Å². The first kappa shape index (κ1) is 19.0. The molecule has 27 heavy (non-hydrogen) atoms. The van der Waals surface area contributed by atoms with Crippen molar-refractivity contribution in [2.45, 2.75) is 18.6 Å². The summed E-state index contributed by atoms with van der Waals surface area (Å²) in [6, 6.07) is 15.9. The summed E-state index contributed by atoms with van der Waals surface area (Å²) >= 11 is 0. The zero-order valence-electron chi connectivity index (χ0n) is 15.8. The van der Waals surface area contributed by atoms with E-state index in [0.29, 0.717) is 31.1 Å². The van der Waals surface area contributed by atoms with Crippen LogP contribution in [0.1, 0.15) is 17.5 Å². The molecule has 0 radical (unpaired) electrons. The summed E-state index contributed by atoms with van der Waals surface area (Å²) in [5.41, 5.74) is 1.98. The van der Waals surface area contributed by atoms with Crippen LogP contribution in [0.4, 0.5) is 5.69 Å². The molecule has 0 bridgehead atoms. The van der Waals surface area contributed by atoms with Crippen molar-refractivity contribution in [3.63, 3.8) is 0 Å². The van der Waals surface area contributed by atoms with Crippen molar-refractivity contribution in [3.05, 3.63) is 66.2 Å². The van der Waals surface area contributed by atoms with Crippen LogP contribution in [-0.2, 0) is 20.8 Å². The van der Waals surface area contributed by atoms with Gasteiger partial charge in [-0.3, -0.25) is 4.79 Å². The van der Waals surface area contributed by atoms with Gasteiger partial charge in [0.15, 0.2) is 11.9 Å². The van der Waals surface area contributed by atoms with Gasteiger partial charge in [0.25, 0.3) is 0 Å². The van der Waals surface area contributed by atoms with Crippen LogP contribution in [0.2, 0.25) is 0 Å². The lowest BCUT2D eigenvalue weighted by atomic mass is 10.1. The number of aldehydes is 1. The lowest BCUT2D eigenvalue weighted by Gasteiger charge is -2.28. The minimum atomic E-state index is -0.928. The van der Waals surface area contributed by atoms with E-state index in [2.05, 4.69) is 23.6 Å². The van der Waals surface area contributed by atoms with E-state index in [4.69, 9.17) is 14.2 Å². The van der Waals surface area contributed by atoms with E-state index in [1.807, 2.05) is 43.4 Å². The van der Waals surface area contributed by atoms with Gasteiger partial charge in [-0.25, -0.2) is 0 Å². The third-order valence-electron chi connectivity index (χ3n) is 4.75. The largest absolute Gasteiger partial charge is 0.497 e. The molecule has 5 nitrogen and oxygen atoms in total. The molecule has 0 amide bonds. The van der Waals surface area contributed by atoms with Crippen molar-refractivity contribution in [3.8, 4) is 5.75 Å². The third kappa shape index (κ3) is 4.31. The summed E-state index contributed by atoms with van der Waals surface area (Å²) in [5, 5.41) is 0. The quantitative estimate of drug-likeness (QED) is 0.526. The normalized spacial score (nSPS) is 18.7. The topological polar surface area (TPSA) is 48.0 Å². The summed E-state index contributed by atoms with van der Waals surface area (Å²) in [7, 11) is 3.59. The average Bonchev–Trinajstić information content (AvgIpc) is 3.17. The van der Waals surface area contributed by atoms with Gasteiger partial charge in [0.2, 0.25) is 0 Å². The van der Waals surface area contributed by atoms with Gasteiger partial charge < -0.3 is 19.1 Å². The fraction of sp³-hybridized carbons (Fsp3) is 0.318. The van der Waals surface area contributed by atoms with Crippen molar-refractivity contribution in [1.29, 1.82) is 0 Å². The third-order valence-corrected chi connectivity index (χ3v) is 4.75. The fourth-order valence-electron chi connectivity index (χ4n) is 3.11. The number of ether oxygens (including phenoxy) is 3. The SMILES string of the molecule is C=C(OC)c1ccc(OC2(C=O)CCOC2)c(N(C)Cc2ccccc2)c1. The number of rotatable bonds is 8. The predicted octanol–water partition coefficient (Wildman–Crippen LogP) is 3.68. The van der Waals surface area contributed by atoms with E-state index in [9.17, 15) is 4.79 Å². The molecule has 1 saturated heterocycles. The molecule has 1 atom stereocenters. The number of anilines is 1. The summed E-state index contributed by atoms with van der Waals surface area (Å²) in [5.74, 6) is 1.21. The standard InChI is InChI=1S/C22H25NO4/c1-17(25-3)19-9-10-21(27-22(15-24)11-12-26-16-22)20(13-19)23(2)14-18-7-5-4-6-8-18/h4-10,13,15H,1,11-12,14,16H2,2-3H3. The van der Waals surface area contributed by atoms with Gasteiger partial charge in [0, 0.05) is 25.6 Å². The van der Waals surface area contributed by atoms with Crippen LogP contribution in [0.5, 0.6) is 5.75 Å². The van der Waals surface area contributed by atoms with Gasteiger partial charge in [-0.2, -0.15) is 0 Å². The minimum Gasteiger partial charge on any atom is -0.497 e. The minimum absolute atomic E-state index is 0.269. The molecule has 0 aromatic heterocycles. The van der Waals surface area contributed by atoms with E-state index >= 15 is 0 Å². The second-order valence-electron chi connectivity index (χ2n) is 6.74. The van der Waals surface area contributed by atoms with E-state index in [-0.39, 0.29) is 6.61 Å². The van der Waals surface area contributed by atoms with E-state index in [1.165, 1.54) is 5.56 Å². The number of methoxy groups -OCH3 is 1. The molecule has 1 heterocycles. The first-order chi connectivity index (χ1) is 13.1. The molecule has 5 heteroatoms. The Morgan fingerprint density at radius 2 is 2.07 bits per heavy atom. The molecule has 0 saturated carbocycles. The zero-order chi connectivity index (χ0) is 19.3. The smallest absolute Gasteiger partial charge is 0.189 e. The highest BCUT2D eigenvalue weighted by atomic mass is 16.6. The molecule has 1 unspecified atom stereocenters. The maximum absolute atomic E-state index is 11.7. The first-order valence-electron chi connectivity index (χ1n) is 8.92. The Morgan fingerprint density at radius 1 is 1.30 bits per heavy atom. The first-order valence-corrected chi connectivity index (χ1v) is 8.92. The summed E-state index contributed by atoms with van der Waals surface area (Å²) in [6.07, 6.45) is 1.40. The van der Waals surface area contributed by atoms with Crippen molar-refractivity contribution >= 4 is 17.7 Å². The molecule has 2 aromatic rings. The Bertz CT molecular complexity index is 797. The molecular formula is C22H25NO4. The van der Waals surface area contributed by atoms with Crippen LogP contribution in [0.25, 0.3) is 5.76 Å². The van der Waals surface area contributed by atoms with Crippen molar-refractivity contribution in [1.82, 2.24) is 0 Å². The second-order valence-corrected chi connectivity index (χ2v) is 6.74. The highest BCUT2D eigenvalue weighted by Gasteiger charge is 2.38. The zero-order valence-corrected chi connectivity index (χ0v) is 15.8. The summed E-state index contributed by atoms with van der Waals surface area (Å²) in [6.45, 7) is 5.42. The van der Waals surface area contributed by atoms with Crippen molar-refractivity contribution in [2.24, 2.45) is 0 Å². The highest BCUT2D eigenvalue weighted by molar-refractivity contribution is 5.70. The number of hydrogen-bond donors (Lipinski definition) is 0. The highest BCUT2D eigenvalue weighted by Crippen LogP contribution is 2.35. The van der Waals surface area contributed by atoms with Gasteiger partial charge in [-0.15, -0.1) is 0 Å². The number of carbonyl (C=O) groups excluding carboxylic acids is 1. The Hall–Kier alpha value is -2.79. The summed E-state index contributed by atoms with van der Waals surface area (Å²) in [4.78, 5) is 13.8. The molecule has 3 rings (SSSR count). The molecule has 0 spiro atoms. The molecular weight excluding hydrogens is 342 g/mol. The van der Waals surface area contributed by atoms with E-state index < -0.39 is 5.60 Å². The van der Waals surface area contributed by atoms with Crippen molar-refractivity contribution in [2.75, 3.05) is 32.3 Å². The van der Waals surface area contributed by atoms with Crippen LogP contribution in [-0.4, -0.2) is 39.3 Å². The molecule has 1 aliphatic heterocycles. The van der Waals surface area contributed by atoms with Gasteiger partial charge >= 0.3 is 0 Å². The van der Waals surface area contributed by atoms with Crippen LogP contribution in [0.3, 0.4) is 0 Å². The second kappa shape index (κ2) is 8.27. The van der Waals surface area contributed by atoms with E-state index in [1.54, 1.807) is 7.11 Å². The van der Waals surface area contributed by atoms with Crippen LogP contribution >= 0.6 is 0 Å². The van der Waals surface area contributed by atoms with Crippen LogP contribution < -0.4 is 9.64 Å².